The van der Waals surface area contributed by atoms with Crippen molar-refractivity contribution in [3.63, 3.8) is 0 Å². The van der Waals surface area contributed by atoms with Gasteiger partial charge in [0, 0.05) is 49.9 Å². The van der Waals surface area contributed by atoms with Gasteiger partial charge in [-0.05, 0) is 18.6 Å². The summed E-state index contributed by atoms with van der Waals surface area (Å²) in [6.45, 7) is 4.23. The predicted octanol–water partition coefficient (Wildman–Crippen LogP) is 1.73. The largest absolute Gasteiger partial charge is 0.339 e. The van der Waals surface area contributed by atoms with Crippen molar-refractivity contribution < 1.29 is 9.32 Å². The molecule has 0 radical (unpaired) electrons. The summed E-state index contributed by atoms with van der Waals surface area (Å²) in [5.74, 6) is 1.55. The third-order valence-corrected chi connectivity index (χ3v) is 3.62. The zero-order valence-electron chi connectivity index (χ0n) is 12.5. The molecule has 0 aliphatic carbocycles. The van der Waals surface area contributed by atoms with E-state index < -0.39 is 0 Å². The van der Waals surface area contributed by atoms with Crippen molar-refractivity contribution in [1.29, 1.82) is 0 Å². The Kier molecular flexibility index (Phi) is 4.32. The molecule has 0 spiro atoms. The van der Waals surface area contributed by atoms with Crippen LogP contribution in [0.15, 0.2) is 29.0 Å². The van der Waals surface area contributed by atoms with Crippen LogP contribution in [0.25, 0.3) is 11.4 Å². The Balaban J connectivity index is 1.50. The molecule has 0 unspecified atom stereocenters. The third-order valence-electron chi connectivity index (χ3n) is 3.62. The Morgan fingerprint density at radius 2 is 2.36 bits per heavy atom. The number of carbonyl (C=O) groups excluding carboxylic acids is 1. The van der Waals surface area contributed by atoms with Crippen LogP contribution < -0.4 is 5.32 Å². The molecule has 0 saturated carbocycles. The number of urea groups is 1. The SMILES string of the molecule is CCCNC(=O)N1CC(Cc2nc(-c3cccnc3)no2)C1. The van der Waals surface area contributed by atoms with Gasteiger partial charge in [0.15, 0.2) is 0 Å². The Morgan fingerprint density at radius 3 is 3.09 bits per heavy atom. The second-order valence-corrected chi connectivity index (χ2v) is 5.46. The molecule has 2 aromatic rings. The van der Waals surface area contributed by atoms with Crippen molar-refractivity contribution >= 4 is 6.03 Å². The Bertz CT molecular complexity index is 622. The molecular weight excluding hydrogens is 282 g/mol. The van der Waals surface area contributed by atoms with Crippen LogP contribution in [0.5, 0.6) is 0 Å². The van der Waals surface area contributed by atoms with E-state index >= 15 is 0 Å². The molecule has 116 valence electrons. The summed E-state index contributed by atoms with van der Waals surface area (Å²) in [6, 6.07) is 3.74. The average Bonchev–Trinajstić information content (AvgIpc) is 2.97. The molecule has 3 heterocycles. The lowest BCUT2D eigenvalue weighted by Gasteiger charge is -2.38. The minimum Gasteiger partial charge on any atom is -0.339 e. The summed E-state index contributed by atoms with van der Waals surface area (Å²) in [7, 11) is 0. The number of aromatic nitrogens is 3. The number of carbonyl (C=O) groups is 1. The molecule has 7 nitrogen and oxygen atoms in total. The zero-order valence-corrected chi connectivity index (χ0v) is 12.5. The van der Waals surface area contributed by atoms with Crippen molar-refractivity contribution in [3.05, 3.63) is 30.4 Å². The first kappa shape index (κ1) is 14.5. The lowest BCUT2D eigenvalue weighted by molar-refractivity contribution is 0.115. The van der Waals surface area contributed by atoms with E-state index in [9.17, 15) is 4.79 Å². The number of pyridine rings is 1. The summed E-state index contributed by atoms with van der Waals surface area (Å²) >= 11 is 0. The summed E-state index contributed by atoms with van der Waals surface area (Å²) in [5, 5.41) is 6.85. The molecule has 1 aliphatic heterocycles. The van der Waals surface area contributed by atoms with Gasteiger partial charge >= 0.3 is 6.03 Å². The van der Waals surface area contributed by atoms with Crippen molar-refractivity contribution in [2.24, 2.45) is 5.92 Å². The first-order chi connectivity index (χ1) is 10.8. The maximum absolute atomic E-state index is 11.7. The minimum atomic E-state index is 0.0136. The molecule has 0 aromatic carbocycles. The van der Waals surface area contributed by atoms with E-state index in [0.717, 1.165) is 31.6 Å². The van der Waals surface area contributed by atoms with Crippen molar-refractivity contribution in [1.82, 2.24) is 25.3 Å². The van der Waals surface area contributed by atoms with Crippen LogP contribution in [0.1, 0.15) is 19.2 Å². The topological polar surface area (TPSA) is 84.2 Å². The average molecular weight is 301 g/mol. The van der Waals surface area contributed by atoms with Crippen LogP contribution in [-0.2, 0) is 6.42 Å². The van der Waals surface area contributed by atoms with Gasteiger partial charge < -0.3 is 14.7 Å². The molecule has 0 atom stereocenters. The fourth-order valence-corrected chi connectivity index (χ4v) is 2.41. The van der Waals surface area contributed by atoms with E-state index in [1.165, 1.54) is 0 Å². The lowest BCUT2D eigenvalue weighted by atomic mass is 9.97. The number of rotatable bonds is 5. The van der Waals surface area contributed by atoms with Crippen LogP contribution in [0.3, 0.4) is 0 Å². The molecular formula is C15H19N5O2. The Morgan fingerprint density at radius 1 is 1.50 bits per heavy atom. The highest BCUT2D eigenvalue weighted by atomic mass is 16.5. The van der Waals surface area contributed by atoms with Crippen LogP contribution in [0.2, 0.25) is 0 Å². The van der Waals surface area contributed by atoms with Crippen LogP contribution in [-0.4, -0.2) is 45.7 Å². The molecule has 1 N–H and O–H groups in total. The van der Waals surface area contributed by atoms with Crippen molar-refractivity contribution in [2.45, 2.75) is 19.8 Å². The van der Waals surface area contributed by atoms with Gasteiger partial charge in [-0.15, -0.1) is 0 Å². The smallest absolute Gasteiger partial charge is 0.317 e. The predicted molar refractivity (Wildman–Crippen MR) is 80.0 cm³/mol. The van der Waals surface area contributed by atoms with E-state index in [1.54, 1.807) is 17.3 Å². The molecule has 2 aromatic heterocycles. The van der Waals surface area contributed by atoms with E-state index in [1.807, 2.05) is 19.1 Å². The second kappa shape index (κ2) is 6.55. The first-order valence-electron chi connectivity index (χ1n) is 7.52. The maximum atomic E-state index is 11.7. The highest BCUT2D eigenvalue weighted by molar-refractivity contribution is 5.75. The lowest BCUT2D eigenvalue weighted by Crippen LogP contribution is -2.54. The molecule has 2 amide bonds. The normalized spacial score (nSPS) is 14.7. The molecule has 1 aliphatic rings. The van der Waals surface area contributed by atoms with E-state index in [2.05, 4.69) is 20.4 Å². The van der Waals surface area contributed by atoms with Gasteiger partial charge in [-0.2, -0.15) is 4.98 Å². The van der Waals surface area contributed by atoms with Crippen molar-refractivity contribution in [2.75, 3.05) is 19.6 Å². The van der Waals surface area contributed by atoms with E-state index in [-0.39, 0.29) is 6.03 Å². The van der Waals surface area contributed by atoms with Gasteiger partial charge in [0.2, 0.25) is 11.7 Å². The molecule has 3 rings (SSSR count). The number of amides is 2. The van der Waals surface area contributed by atoms with Gasteiger partial charge in [-0.25, -0.2) is 4.79 Å². The highest BCUT2D eigenvalue weighted by Gasteiger charge is 2.31. The highest BCUT2D eigenvalue weighted by Crippen LogP contribution is 2.21. The monoisotopic (exact) mass is 301 g/mol. The molecule has 0 bridgehead atoms. The van der Waals surface area contributed by atoms with E-state index in [0.29, 0.717) is 24.1 Å². The van der Waals surface area contributed by atoms with Crippen LogP contribution in [0.4, 0.5) is 4.79 Å². The number of hydrogen-bond acceptors (Lipinski definition) is 5. The quantitative estimate of drug-likeness (QED) is 0.909. The Labute approximate surface area is 128 Å². The molecule has 7 heteroatoms. The zero-order chi connectivity index (χ0) is 15.4. The third kappa shape index (κ3) is 3.24. The van der Waals surface area contributed by atoms with Crippen molar-refractivity contribution in [3.8, 4) is 11.4 Å². The molecule has 22 heavy (non-hydrogen) atoms. The van der Waals surface area contributed by atoms with Gasteiger partial charge in [-0.3, -0.25) is 4.98 Å². The fraction of sp³-hybridized carbons (Fsp3) is 0.467. The van der Waals surface area contributed by atoms with Gasteiger partial charge in [-0.1, -0.05) is 12.1 Å². The van der Waals surface area contributed by atoms with Gasteiger partial charge in [0.05, 0.1) is 0 Å². The summed E-state index contributed by atoms with van der Waals surface area (Å²) < 4.78 is 5.28. The maximum Gasteiger partial charge on any atom is 0.317 e. The standard InChI is InChI=1S/C15H19N5O2/c1-2-5-17-15(21)20-9-11(10-20)7-13-18-14(19-22-13)12-4-3-6-16-8-12/h3-4,6,8,11H,2,5,7,9-10H2,1H3,(H,17,21). The van der Waals surface area contributed by atoms with Gasteiger partial charge in [0.25, 0.3) is 0 Å². The summed E-state index contributed by atoms with van der Waals surface area (Å²) in [6.07, 6.45) is 5.06. The number of hydrogen-bond donors (Lipinski definition) is 1. The summed E-state index contributed by atoms with van der Waals surface area (Å²) in [5.41, 5.74) is 0.840. The van der Waals surface area contributed by atoms with Crippen LogP contribution >= 0.6 is 0 Å². The Hall–Kier alpha value is -2.44. The first-order valence-corrected chi connectivity index (χ1v) is 7.52. The van der Waals surface area contributed by atoms with Crippen LogP contribution in [0, 0.1) is 5.92 Å². The number of likely N-dealkylation sites (tertiary alicyclic amines) is 1. The fourth-order valence-electron chi connectivity index (χ4n) is 2.41. The number of nitrogens with one attached hydrogen (secondary N) is 1. The molecule has 1 saturated heterocycles. The minimum absolute atomic E-state index is 0.0136. The van der Waals surface area contributed by atoms with E-state index in [4.69, 9.17) is 4.52 Å². The second-order valence-electron chi connectivity index (χ2n) is 5.46. The van der Waals surface area contributed by atoms with Gasteiger partial charge in [0.1, 0.15) is 0 Å². The molecule has 1 fully saturated rings. The number of nitrogens with zero attached hydrogens (tertiary/aromatic N) is 4. The summed E-state index contributed by atoms with van der Waals surface area (Å²) in [4.78, 5) is 22.0.